The fraction of sp³-hybridized carbons (Fsp3) is 0.360. The minimum atomic E-state index is -0.971. The van der Waals surface area contributed by atoms with E-state index in [0.717, 1.165) is 0 Å². The minimum absolute atomic E-state index is 0.0972. The lowest BCUT2D eigenvalue weighted by Crippen LogP contribution is -2.36. The standard InChI is InChI=1S/C25H27Cl2N3O6/c1-7-36-25(32)20-19(14-9-8-10-15(26)21(14)27)18(24(31)35-6)12(2)28-22(20)23(34-5)16-11-17(33-4)30-13(3)29-16/h8-11,19,23,28H,7H2,1-6H3. The van der Waals surface area contributed by atoms with Crippen molar-refractivity contribution in [3.05, 3.63) is 73.9 Å². The monoisotopic (exact) mass is 535 g/mol. The normalized spacial score (nSPS) is 16.4. The van der Waals surface area contributed by atoms with Crippen LogP contribution in [0.15, 0.2) is 46.8 Å². The average molecular weight is 536 g/mol. The Morgan fingerprint density at radius 2 is 1.81 bits per heavy atom. The highest BCUT2D eigenvalue weighted by Gasteiger charge is 2.42. The Balaban J connectivity index is 2.38. The summed E-state index contributed by atoms with van der Waals surface area (Å²) < 4.78 is 21.6. The first-order chi connectivity index (χ1) is 17.2. The van der Waals surface area contributed by atoms with Gasteiger partial charge in [-0.2, -0.15) is 4.98 Å². The Bertz CT molecular complexity index is 1240. The number of carbonyl (C=O) groups is 2. The van der Waals surface area contributed by atoms with E-state index in [1.165, 1.54) is 21.3 Å². The molecule has 2 aromatic rings. The summed E-state index contributed by atoms with van der Waals surface area (Å²) in [7, 11) is 4.22. The van der Waals surface area contributed by atoms with E-state index < -0.39 is 24.0 Å². The van der Waals surface area contributed by atoms with Gasteiger partial charge in [-0.1, -0.05) is 35.3 Å². The van der Waals surface area contributed by atoms with E-state index in [1.54, 1.807) is 45.0 Å². The van der Waals surface area contributed by atoms with Crippen LogP contribution in [0.1, 0.15) is 43.0 Å². The maximum Gasteiger partial charge on any atom is 0.336 e. The van der Waals surface area contributed by atoms with E-state index in [2.05, 4.69) is 15.3 Å². The molecule has 9 nitrogen and oxygen atoms in total. The molecule has 0 aliphatic carbocycles. The number of benzene rings is 1. The van der Waals surface area contributed by atoms with Crippen LogP contribution in [0.2, 0.25) is 10.0 Å². The van der Waals surface area contributed by atoms with Crippen molar-refractivity contribution in [2.75, 3.05) is 27.9 Å². The molecule has 1 N–H and O–H groups in total. The summed E-state index contributed by atoms with van der Waals surface area (Å²) in [5.41, 5.74) is 1.90. The van der Waals surface area contributed by atoms with E-state index in [0.29, 0.717) is 34.4 Å². The molecule has 0 saturated heterocycles. The van der Waals surface area contributed by atoms with E-state index in [-0.39, 0.29) is 27.8 Å². The zero-order valence-corrected chi connectivity index (χ0v) is 22.3. The second-order valence-electron chi connectivity index (χ2n) is 7.78. The summed E-state index contributed by atoms with van der Waals surface area (Å²) in [4.78, 5) is 35.2. The molecule has 1 aromatic carbocycles. The molecule has 0 fully saturated rings. The number of allylic oxidation sites excluding steroid dienone is 1. The molecule has 0 radical (unpaired) electrons. The van der Waals surface area contributed by atoms with Gasteiger partial charge in [0.2, 0.25) is 5.88 Å². The Morgan fingerprint density at radius 3 is 2.42 bits per heavy atom. The van der Waals surface area contributed by atoms with Gasteiger partial charge in [-0.25, -0.2) is 14.6 Å². The van der Waals surface area contributed by atoms with Gasteiger partial charge in [0, 0.05) is 18.9 Å². The molecule has 0 spiro atoms. The number of rotatable bonds is 8. The third kappa shape index (κ3) is 5.33. The lowest BCUT2D eigenvalue weighted by molar-refractivity contribution is -0.139. The Hall–Kier alpha value is -3.14. The zero-order valence-electron chi connectivity index (χ0n) is 20.8. The number of nitrogens with zero attached hydrogens (tertiary/aromatic N) is 2. The number of esters is 2. The van der Waals surface area contributed by atoms with Crippen LogP contribution in [0, 0.1) is 6.92 Å². The molecule has 0 bridgehead atoms. The van der Waals surface area contributed by atoms with Crippen molar-refractivity contribution in [3.63, 3.8) is 0 Å². The van der Waals surface area contributed by atoms with Crippen LogP contribution in [-0.2, 0) is 23.8 Å². The smallest absolute Gasteiger partial charge is 0.336 e. The van der Waals surface area contributed by atoms with Crippen LogP contribution in [0.25, 0.3) is 0 Å². The molecule has 192 valence electrons. The highest BCUT2D eigenvalue weighted by molar-refractivity contribution is 6.42. The van der Waals surface area contributed by atoms with Gasteiger partial charge >= 0.3 is 11.9 Å². The number of ether oxygens (including phenoxy) is 4. The van der Waals surface area contributed by atoms with Crippen molar-refractivity contribution < 1.29 is 28.5 Å². The van der Waals surface area contributed by atoms with Crippen LogP contribution >= 0.6 is 23.2 Å². The third-order valence-corrected chi connectivity index (χ3v) is 6.43. The fourth-order valence-electron chi connectivity index (χ4n) is 4.12. The number of halogens is 2. The second-order valence-corrected chi connectivity index (χ2v) is 8.56. The quantitative estimate of drug-likeness (QED) is 0.490. The second kappa shape index (κ2) is 11.7. The molecule has 2 atom stereocenters. The number of hydrogen-bond acceptors (Lipinski definition) is 9. The summed E-state index contributed by atoms with van der Waals surface area (Å²) >= 11 is 12.9. The molecule has 3 rings (SSSR count). The molecule has 1 aliphatic heterocycles. The van der Waals surface area contributed by atoms with Crippen LogP contribution < -0.4 is 10.1 Å². The van der Waals surface area contributed by atoms with E-state index in [4.69, 9.17) is 42.1 Å². The highest BCUT2D eigenvalue weighted by atomic mass is 35.5. The summed E-state index contributed by atoms with van der Waals surface area (Å²) in [6.07, 6.45) is -0.880. The van der Waals surface area contributed by atoms with E-state index >= 15 is 0 Å². The zero-order chi connectivity index (χ0) is 26.6. The van der Waals surface area contributed by atoms with Gasteiger partial charge in [0.25, 0.3) is 0 Å². The first-order valence-corrected chi connectivity index (χ1v) is 11.8. The number of dihydropyridines is 1. The molecular formula is C25H27Cl2N3O6. The number of carbonyl (C=O) groups excluding carboxylic acids is 2. The number of nitrogens with one attached hydrogen (secondary N) is 1. The van der Waals surface area contributed by atoms with Crippen LogP contribution in [0.4, 0.5) is 0 Å². The number of aromatic nitrogens is 2. The van der Waals surface area contributed by atoms with Crippen LogP contribution in [-0.4, -0.2) is 49.8 Å². The average Bonchev–Trinajstić information content (AvgIpc) is 2.85. The lowest BCUT2D eigenvalue weighted by atomic mass is 9.79. The maximum atomic E-state index is 13.5. The predicted octanol–water partition coefficient (Wildman–Crippen LogP) is 4.44. The largest absolute Gasteiger partial charge is 0.481 e. The van der Waals surface area contributed by atoms with Gasteiger partial charge < -0.3 is 24.3 Å². The van der Waals surface area contributed by atoms with E-state index in [9.17, 15) is 9.59 Å². The van der Waals surface area contributed by atoms with Crippen LogP contribution in [0.3, 0.4) is 0 Å². The van der Waals surface area contributed by atoms with Gasteiger partial charge in [0.05, 0.1) is 59.3 Å². The predicted molar refractivity (Wildman–Crippen MR) is 134 cm³/mol. The molecule has 2 unspecified atom stereocenters. The number of methoxy groups -OCH3 is 3. The van der Waals surface area contributed by atoms with Crippen molar-refractivity contribution in [2.24, 2.45) is 0 Å². The van der Waals surface area contributed by atoms with Crippen molar-refractivity contribution in [2.45, 2.75) is 32.8 Å². The Labute approximate surface area is 219 Å². The summed E-state index contributed by atoms with van der Waals surface area (Å²) in [5, 5.41) is 3.62. The molecule has 2 heterocycles. The first kappa shape index (κ1) is 27.4. The van der Waals surface area contributed by atoms with Gasteiger partial charge in [-0.05, 0) is 32.4 Å². The van der Waals surface area contributed by atoms with Crippen molar-refractivity contribution in [1.29, 1.82) is 0 Å². The minimum Gasteiger partial charge on any atom is -0.481 e. The molecule has 0 amide bonds. The van der Waals surface area contributed by atoms with Crippen LogP contribution in [0.5, 0.6) is 5.88 Å². The SMILES string of the molecule is CCOC(=O)C1=C(C(OC)c2cc(OC)nc(C)n2)NC(C)=C(C(=O)OC)C1c1cccc(Cl)c1Cl. The molecule has 36 heavy (non-hydrogen) atoms. The lowest BCUT2D eigenvalue weighted by Gasteiger charge is -2.34. The molecular weight excluding hydrogens is 509 g/mol. The number of aryl methyl sites for hydroxylation is 1. The Morgan fingerprint density at radius 1 is 1.08 bits per heavy atom. The van der Waals surface area contributed by atoms with Gasteiger partial charge in [0.15, 0.2) is 0 Å². The first-order valence-electron chi connectivity index (χ1n) is 11.0. The molecule has 11 heteroatoms. The van der Waals surface area contributed by atoms with Gasteiger partial charge in [-0.3, -0.25) is 0 Å². The van der Waals surface area contributed by atoms with Gasteiger partial charge in [-0.15, -0.1) is 0 Å². The van der Waals surface area contributed by atoms with Crippen molar-refractivity contribution in [1.82, 2.24) is 15.3 Å². The molecule has 1 aliphatic rings. The highest BCUT2D eigenvalue weighted by Crippen LogP contribution is 2.46. The fourth-order valence-corrected chi connectivity index (χ4v) is 4.54. The summed E-state index contributed by atoms with van der Waals surface area (Å²) in [6.45, 7) is 5.19. The maximum absolute atomic E-state index is 13.5. The molecule has 0 saturated carbocycles. The Kier molecular flexibility index (Phi) is 8.94. The van der Waals surface area contributed by atoms with E-state index in [1.807, 2.05) is 0 Å². The number of hydrogen-bond donors (Lipinski definition) is 1. The third-order valence-electron chi connectivity index (χ3n) is 5.60. The van der Waals surface area contributed by atoms with Crippen molar-refractivity contribution in [3.8, 4) is 5.88 Å². The van der Waals surface area contributed by atoms with Gasteiger partial charge in [0.1, 0.15) is 11.9 Å². The topological polar surface area (TPSA) is 109 Å². The summed E-state index contributed by atoms with van der Waals surface area (Å²) in [6, 6.07) is 6.60. The molecule has 1 aromatic heterocycles. The van der Waals surface area contributed by atoms with Crippen molar-refractivity contribution >= 4 is 35.1 Å². The summed E-state index contributed by atoms with van der Waals surface area (Å²) in [5.74, 6) is -1.52.